The second-order valence-corrected chi connectivity index (χ2v) is 3.16. The quantitative estimate of drug-likeness (QED) is 0.791. The second-order valence-electron chi connectivity index (χ2n) is 3.16. The van der Waals surface area contributed by atoms with Crippen molar-refractivity contribution in [2.45, 2.75) is 26.8 Å². The number of amides is 1. The Labute approximate surface area is 93.5 Å². The van der Waals surface area contributed by atoms with E-state index in [-0.39, 0.29) is 11.5 Å². The van der Waals surface area contributed by atoms with Crippen LogP contribution in [0.1, 0.15) is 20.3 Å². The minimum absolute atomic E-state index is 0.0347. The number of aromatic nitrogens is 2. The molecule has 1 N–H and O–H groups in total. The van der Waals surface area contributed by atoms with Crippen LogP contribution in [0.5, 0.6) is 0 Å². The molecule has 0 spiro atoms. The highest BCUT2D eigenvalue weighted by Gasteiger charge is 2.12. The van der Waals surface area contributed by atoms with Gasteiger partial charge in [0.15, 0.2) is 0 Å². The smallest absolute Gasteiger partial charge is 0.266 e. The predicted octanol–water partition coefficient (Wildman–Crippen LogP) is 0.421. The Kier molecular flexibility index (Phi) is 4.50. The third-order valence-electron chi connectivity index (χ3n) is 2.11. The molecular formula is C10H16N4O2. The Morgan fingerprint density at radius 3 is 2.38 bits per heavy atom. The zero-order chi connectivity index (χ0) is 12.0. The van der Waals surface area contributed by atoms with Gasteiger partial charge in [-0.3, -0.25) is 14.3 Å². The number of aromatic amines is 1. The monoisotopic (exact) mass is 224 g/mol. The summed E-state index contributed by atoms with van der Waals surface area (Å²) in [5.41, 5.74) is 0.0347. The molecule has 0 bridgehead atoms. The minimum atomic E-state index is 0.0347. The van der Waals surface area contributed by atoms with Crippen LogP contribution in [0.3, 0.4) is 0 Å². The van der Waals surface area contributed by atoms with Crippen LogP contribution in [0.4, 0.5) is 0 Å². The number of rotatable bonds is 2. The molecule has 1 aromatic heterocycles. The molecule has 1 aliphatic heterocycles. The summed E-state index contributed by atoms with van der Waals surface area (Å²) < 4.78 is 1.53. The molecule has 1 amide bonds. The van der Waals surface area contributed by atoms with Crippen LogP contribution in [0.25, 0.3) is 0 Å². The molecule has 1 aliphatic rings. The largest absolute Gasteiger partial charge is 0.303 e. The zero-order valence-electron chi connectivity index (χ0n) is 9.51. The van der Waals surface area contributed by atoms with Crippen molar-refractivity contribution in [1.29, 1.82) is 0 Å². The fourth-order valence-corrected chi connectivity index (χ4v) is 1.24. The van der Waals surface area contributed by atoms with Gasteiger partial charge in [-0.1, -0.05) is 0 Å². The molecule has 0 atom stereocenters. The third kappa shape index (κ3) is 3.08. The fourth-order valence-electron chi connectivity index (χ4n) is 1.24. The van der Waals surface area contributed by atoms with E-state index in [0.29, 0.717) is 19.5 Å². The summed E-state index contributed by atoms with van der Waals surface area (Å²) >= 11 is 0. The van der Waals surface area contributed by atoms with Crippen molar-refractivity contribution in [2.24, 2.45) is 5.10 Å². The highest BCUT2D eigenvalue weighted by molar-refractivity contribution is 5.93. The number of nitrogens with one attached hydrogen (secondary N) is 1. The van der Waals surface area contributed by atoms with E-state index in [1.165, 1.54) is 15.8 Å². The molecule has 0 aliphatic carbocycles. The normalized spacial score (nSPS) is 13.9. The van der Waals surface area contributed by atoms with Crippen LogP contribution in [0.15, 0.2) is 22.2 Å². The van der Waals surface area contributed by atoms with Crippen LogP contribution in [-0.2, 0) is 11.3 Å². The van der Waals surface area contributed by atoms with Crippen LogP contribution >= 0.6 is 0 Å². The lowest BCUT2D eigenvalue weighted by molar-refractivity contribution is -0.128. The van der Waals surface area contributed by atoms with E-state index in [1.54, 1.807) is 12.4 Å². The molecule has 0 aromatic carbocycles. The number of aryl methyl sites for hydroxylation is 1. The van der Waals surface area contributed by atoms with Crippen molar-refractivity contribution in [3.05, 3.63) is 22.6 Å². The number of hydrogen-bond acceptors (Lipinski definition) is 3. The Morgan fingerprint density at radius 1 is 1.38 bits per heavy atom. The maximum atomic E-state index is 10.6. The van der Waals surface area contributed by atoms with E-state index >= 15 is 0 Å². The summed E-state index contributed by atoms with van der Waals surface area (Å²) in [6.45, 7) is 5.22. The molecule has 6 heteroatoms. The van der Waals surface area contributed by atoms with Crippen LogP contribution in [0.2, 0.25) is 0 Å². The third-order valence-corrected chi connectivity index (χ3v) is 2.11. The number of hydrogen-bond donors (Lipinski definition) is 1. The molecule has 0 saturated heterocycles. The van der Waals surface area contributed by atoms with E-state index in [4.69, 9.17) is 0 Å². The summed E-state index contributed by atoms with van der Waals surface area (Å²) in [4.78, 5) is 21.2. The number of H-pyrrole nitrogens is 1. The molecule has 1 aromatic rings. The molecular weight excluding hydrogens is 208 g/mol. The summed E-state index contributed by atoms with van der Waals surface area (Å²) in [6.07, 6.45) is 3.74. The van der Waals surface area contributed by atoms with E-state index in [1.807, 2.05) is 13.8 Å². The first kappa shape index (κ1) is 12.2. The van der Waals surface area contributed by atoms with Gasteiger partial charge in [0, 0.05) is 31.6 Å². The Bertz CT molecular complexity index is 418. The zero-order valence-corrected chi connectivity index (χ0v) is 9.51. The fraction of sp³-hybridized carbons (Fsp3) is 0.500. The van der Waals surface area contributed by atoms with Gasteiger partial charge in [-0.2, -0.15) is 5.10 Å². The standard InChI is InChI=1S/2C5H8N2O/c2*1-2-7-5(8)3-4-6-7/h4H,2-3H2,1H3;3-4,6H,2H2,1H3. The molecule has 6 nitrogen and oxygen atoms in total. The van der Waals surface area contributed by atoms with Gasteiger partial charge in [0.05, 0.1) is 6.42 Å². The first-order valence-corrected chi connectivity index (χ1v) is 5.26. The summed E-state index contributed by atoms with van der Waals surface area (Å²) in [7, 11) is 0. The summed E-state index contributed by atoms with van der Waals surface area (Å²) in [5.74, 6) is 0.104. The van der Waals surface area contributed by atoms with Gasteiger partial charge < -0.3 is 5.10 Å². The molecule has 2 rings (SSSR count). The summed E-state index contributed by atoms with van der Waals surface area (Å²) in [5, 5.41) is 8.01. The maximum Gasteiger partial charge on any atom is 0.266 e. The lowest BCUT2D eigenvalue weighted by Crippen LogP contribution is -2.19. The lowest BCUT2D eigenvalue weighted by atomic mass is 10.4. The molecule has 16 heavy (non-hydrogen) atoms. The Hall–Kier alpha value is -1.85. The SMILES string of the molecule is CCN1N=CCC1=O.CCn1[nH]ccc1=O. The van der Waals surface area contributed by atoms with E-state index in [0.717, 1.165) is 0 Å². The number of carbonyl (C=O) groups excluding carboxylic acids is 1. The van der Waals surface area contributed by atoms with Crippen molar-refractivity contribution in [2.75, 3.05) is 6.54 Å². The topological polar surface area (TPSA) is 70.5 Å². The Balaban J connectivity index is 0.000000160. The first-order chi connectivity index (χ1) is 7.69. The lowest BCUT2D eigenvalue weighted by Gasteiger charge is -2.05. The Morgan fingerprint density at radius 2 is 2.12 bits per heavy atom. The number of hydrazone groups is 1. The van der Waals surface area contributed by atoms with E-state index in [2.05, 4.69) is 10.2 Å². The maximum absolute atomic E-state index is 10.6. The average Bonchev–Trinajstić information content (AvgIpc) is 2.87. The highest BCUT2D eigenvalue weighted by Crippen LogP contribution is 1.99. The number of nitrogens with zero attached hydrogens (tertiary/aromatic N) is 3. The van der Waals surface area contributed by atoms with Gasteiger partial charge in [-0.15, -0.1) is 0 Å². The van der Waals surface area contributed by atoms with Gasteiger partial charge in [0.1, 0.15) is 0 Å². The van der Waals surface area contributed by atoms with Crippen molar-refractivity contribution in [3.63, 3.8) is 0 Å². The number of carbonyl (C=O) groups is 1. The van der Waals surface area contributed by atoms with E-state index in [9.17, 15) is 9.59 Å². The first-order valence-electron chi connectivity index (χ1n) is 5.26. The van der Waals surface area contributed by atoms with Crippen molar-refractivity contribution in [3.8, 4) is 0 Å². The van der Waals surface area contributed by atoms with Gasteiger partial charge in [0.2, 0.25) is 5.91 Å². The molecule has 88 valence electrons. The molecule has 0 radical (unpaired) electrons. The highest BCUT2D eigenvalue weighted by atomic mass is 16.2. The van der Waals surface area contributed by atoms with Crippen LogP contribution < -0.4 is 5.56 Å². The summed E-state index contributed by atoms with van der Waals surface area (Å²) in [6, 6.07) is 1.50. The molecule has 0 fully saturated rings. The van der Waals surface area contributed by atoms with Gasteiger partial charge in [-0.05, 0) is 13.8 Å². The van der Waals surface area contributed by atoms with Gasteiger partial charge >= 0.3 is 0 Å². The second kappa shape index (κ2) is 5.89. The molecule has 2 heterocycles. The average molecular weight is 224 g/mol. The minimum Gasteiger partial charge on any atom is -0.303 e. The van der Waals surface area contributed by atoms with Gasteiger partial charge in [-0.25, -0.2) is 5.01 Å². The predicted molar refractivity (Wildman–Crippen MR) is 61.2 cm³/mol. The van der Waals surface area contributed by atoms with Crippen molar-refractivity contribution >= 4 is 12.1 Å². The van der Waals surface area contributed by atoms with Crippen molar-refractivity contribution in [1.82, 2.24) is 14.8 Å². The van der Waals surface area contributed by atoms with Crippen LogP contribution in [0, 0.1) is 0 Å². The van der Waals surface area contributed by atoms with Crippen molar-refractivity contribution < 1.29 is 4.79 Å². The molecule has 0 saturated carbocycles. The van der Waals surface area contributed by atoms with E-state index < -0.39 is 0 Å². The van der Waals surface area contributed by atoms with Crippen LogP contribution in [-0.4, -0.2) is 33.5 Å². The van der Waals surface area contributed by atoms with Gasteiger partial charge in [0.25, 0.3) is 5.56 Å². The molecule has 0 unspecified atom stereocenters.